The lowest BCUT2D eigenvalue weighted by Gasteiger charge is -2.28. The first-order chi connectivity index (χ1) is 12.9. The molecule has 3 fully saturated rings. The van der Waals surface area contributed by atoms with Gasteiger partial charge in [-0.25, -0.2) is 8.78 Å². The Morgan fingerprint density at radius 1 is 1.15 bits per heavy atom. The van der Waals surface area contributed by atoms with Crippen LogP contribution >= 0.6 is 0 Å². The van der Waals surface area contributed by atoms with Crippen LogP contribution in [0.1, 0.15) is 31.2 Å². The Balaban J connectivity index is 1.47. The Morgan fingerprint density at radius 3 is 2.56 bits per heavy atom. The van der Waals surface area contributed by atoms with E-state index in [0.717, 1.165) is 18.9 Å². The first-order valence-electron chi connectivity index (χ1n) is 9.59. The summed E-state index contributed by atoms with van der Waals surface area (Å²) in [5.41, 5.74) is -0.937. The molecule has 2 atom stereocenters. The van der Waals surface area contributed by atoms with E-state index in [1.165, 1.54) is 29.9 Å². The minimum Gasteiger partial charge on any atom is -0.481 e. The van der Waals surface area contributed by atoms with E-state index in [1.54, 1.807) is 0 Å². The molecule has 1 saturated carbocycles. The van der Waals surface area contributed by atoms with Gasteiger partial charge in [-0.05, 0) is 18.9 Å². The molecular formula is C20H24F2N2O3. The number of carboxylic acids is 1. The molecule has 4 rings (SSSR count). The molecule has 1 aliphatic carbocycles. The van der Waals surface area contributed by atoms with Gasteiger partial charge in [0.05, 0.1) is 6.42 Å². The summed E-state index contributed by atoms with van der Waals surface area (Å²) in [6.07, 6.45) is 4.36. The van der Waals surface area contributed by atoms with Crippen LogP contribution in [0.5, 0.6) is 0 Å². The molecule has 0 radical (unpaired) electrons. The van der Waals surface area contributed by atoms with Crippen molar-refractivity contribution in [3.63, 3.8) is 0 Å². The molecule has 1 amide bonds. The van der Waals surface area contributed by atoms with E-state index in [4.69, 9.17) is 0 Å². The summed E-state index contributed by atoms with van der Waals surface area (Å²) in [5, 5.41) is 9.93. The third-order valence-electron chi connectivity index (χ3n) is 6.63. The van der Waals surface area contributed by atoms with Gasteiger partial charge in [0.25, 0.3) is 0 Å². The summed E-state index contributed by atoms with van der Waals surface area (Å²) >= 11 is 0. The number of nitrogens with zero attached hydrogens (tertiary/aromatic N) is 2. The van der Waals surface area contributed by atoms with Crippen LogP contribution in [-0.2, 0) is 16.0 Å². The maximum atomic E-state index is 13.9. The van der Waals surface area contributed by atoms with Crippen molar-refractivity contribution in [3.8, 4) is 0 Å². The minimum absolute atomic E-state index is 0.00835. The van der Waals surface area contributed by atoms with Crippen LogP contribution in [0, 0.1) is 23.0 Å². The Hall–Kier alpha value is -2.02. The van der Waals surface area contributed by atoms with Gasteiger partial charge in [0, 0.05) is 43.7 Å². The predicted molar refractivity (Wildman–Crippen MR) is 94.0 cm³/mol. The number of amides is 1. The van der Waals surface area contributed by atoms with Gasteiger partial charge in [0.2, 0.25) is 5.91 Å². The Labute approximate surface area is 156 Å². The number of halogens is 2. The highest BCUT2D eigenvalue weighted by atomic mass is 19.2. The van der Waals surface area contributed by atoms with Crippen LogP contribution in [0.4, 0.5) is 8.78 Å². The minimum atomic E-state index is -1.01. The van der Waals surface area contributed by atoms with Crippen molar-refractivity contribution < 1.29 is 23.5 Å². The van der Waals surface area contributed by atoms with Crippen molar-refractivity contribution in [1.82, 2.24) is 9.80 Å². The van der Waals surface area contributed by atoms with Crippen molar-refractivity contribution in [2.75, 3.05) is 26.2 Å². The van der Waals surface area contributed by atoms with Crippen LogP contribution in [0.15, 0.2) is 18.2 Å². The maximum absolute atomic E-state index is 13.9. The van der Waals surface area contributed by atoms with Gasteiger partial charge in [0.1, 0.15) is 5.41 Å². The molecule has 2 heterocycles. The van der Waals surface area contributed by atoms with Crippen molar-refractivity contribution in [1.29, 1.82) is 0 Å². The number of aliphatic carboxylic acids is 1. The molecule has 0 bridgehead atoms. The lowest BCUT2D eigenvalue weighted by atomic mass is 9.81. The second-order valence-electron chi connectivity index (χ2n) is 8.19. The number of carbonyl (C=O) groups excluding carboxylic acids is 1. The first-order valence-corrected chi connectivity index (χ1v) is 9.59. The topological polar surface area (TPSA) is 60.9 Å². The Morgan fingerprint density at radius 2 is 1.89 bits per heavy atom. The van der Waals surface area contributed by atoms with E-state index in [0.29, 0.717) is 25.7 Å². The Bertz CT molecular complexity index is 766. The molecule has 0 unspecified atom stereocenters. The second kappa shape index (κ2) is 6.86. The number of carbonyl (C=O) groups is 2. The van der Waals surface area contributed by atoms with Crippen LogP contribution < -0.4 is 0 Å². The lowest BCUT2D eigenvalue weighted by Crippen LogP contribution is -2.43. The fraction of sp³-hybridized carbons (Fsp3) is 0.600. The molecule has 7 heteroatoms. The van der Waals surface area contributed by atoms with E-state index in [9.17, 15) is 23.5 Å². The van der Waals surface area contributed by atoms with Crippen molar-refractivity contribution in [2.45, 2.75) is 38.1 Å². The van der Waals surface area contributed by atoms with E-state index in [1.807, 2.05) is 0 Å². The van der Waals surface area contributed by atoms with E-state index < -0.39 is 23.0 Å². The Kier molecular flexibility index (Phi) is 4.66. The van der Waals surface area contributed by atoms with Gasteiger partial charge in [-0.2, -0.15) is 0 Å². The summed E-state index contributed by atoms with van der Waals surface area (Å²) < 4.78 is 27.2. The quantitative estimate of drug-likeness (QED) is 0.873. The third-order valence-corrected chi connectivity index (χ3v) is 6.63. The zero-order valence-electron chi connectivity index (χ0n) is 15.2. The molecule has 3 aliphatic rings. The zero-order chi connectivity index (χ0) is 19.2. The molecule has 27 heavy (non-hydrogen) atoms. The molecule has 1 N–H and O–H groups in total. The van der Waals surface area contributed by atoms with E-state index >= 15 is 0 Å². The fourth-order valence-electron chi connectivity index (χ4n) is 5.10. The van der Waals surface area contributed by atoms with Gasteiger partial charge in [-0.3, -0.25) is 14.5 Å². The number of rotatable bonds is 4. The summed E-state index contributed by atoms with van der Waals surface area (Å²) in [5.74, 6) is -3.31. The molecule has 146 valence electrons. The number of hydrogen-bond donors (Lipinski definition) is 1. The molecule has 0 spiro atoms. The maximum Gasteiger partial charge on any atom is 0.313 e. The van der Waals surface area contributed by atoms with Gasteiger partial charge in [0.15, 0.2) is 11.6 Å². The van der Waals surface area contributed by atoms with Crippen molar-refractivity contribution >= 4 is 11.9 Å². The van der Waals surface area contributed by atoms with Crippen LogP contribution in [0.25, 0.3) is 0 Å². The number of carboxylic acid groups (broad SMARTS) is 1. The smallest absolute Gasteiger partial charge is 0.313 e. The average molecular weight is 378 g/mol. The molecular weight excluding hydrogens is 354 g/mol. The fourth-order valence-corrected chi connectivity index (χ4v) is 5.10. The van der Waals surface area contributed by atoms with E-state index in [2.05, 4.69) is 4.90 Å². The van der Waals surface area contributed by atoms with Gasteiger partial charge < -0.3 is 10.0 Å². The highest BCUT2D eigenvalue weighted by Gasteiger charge is 2.59. The van der Waals surface area contributed by atoms with Crippen molar-refractivity contribution in [2.24, 2.45) is 11.3 Å². The number of hydrogen-bond acceptors (Lipinski definition) is 3. The summed E-state index contributed by atoms with van der Waals surface area (Å²) in [4.78, 5) is 28.6. The van der Waals surface area contributed by atoms with Crippen molar-refractivity contribution in [3.05, 3.63) is 35.4 Å². The standard InChI is InChI=1S/C20H24F2N2O3/c21-16-7-3-4-13(18(16)22)8-17(25)24-10-14-9-23(15-5-1-2-6-15)11-20(14,12-24)19(26)27/h3-4,7,14-15H,1-2,5-6,8-12H2,(H,26,27)/t14-,20-/m0/s1. The van der Waals surface area contributed by atoms with Crippen LogP contribution in [0.2, 0.25) is 0 Å². The monoisotopic (exact) mass is 378 g/mol. The summed E-state index contributed by atoms with van der Waals surface area (Å²) in [6.45, 7) is 1.67. The summed E-state index contributed by atoms with van der Waals surface area (Å²) in [6, 6.07) is 4.23. The molecule has 2 saturated heterocycles. The molecule has 5 nitrogen and oxygen atoms in total. The number of fused-ring (bicyclic) bond motifs is 1. The molecule has 1 aromatic carbocycles. The average Bonchev–Trinajstić information content (AvgIpc) is 3.32. The largest absolute Gasteiger partial charge is 0.481 e. The second-order valence-corrected chi connectivity index (χ2v) is 8.19. The highest BCUT2D eigenvalue weighted by molar-refractivity contribution is 5.83. The lowest BCUT2D eigenvalue weighted by molar-refractivity contribution is -0.149. The summed E-state index contributed by atoms with van der Waals surface area (Å²) in [7, 11) is 0. The third kappa shape index (κ3) is 3.12. The van der Waals surface area contributed by atoms with Gasteiger partial charge in [-0.15, -0.1) is 0 Å². The molecule has 2 aliphatic heterocycles. The number of benzene rings is 1. The van der Waals surface area contributed by atoms with Crippen LogP contribution in [0.3, 0.4) is 0 Å². The zero-order valence-corrected chi connectivity index (χ0v) is 15.2. The van der Waals surface area contributed by atoms with E-state index in [-0.39, 0.29) is 30.4 Å². The van der Waals surface area contributed by atoms with Gasteiger partial charge in [-0.1, -0.05) is 25.0 Å². The molecule has 0 aromatic heterocycles. The number of likely N-dealkylation sites (tertiary alicyclic amines) is 2. The van der Waals surface area contributed by atoms with Gasteiger partial charge >= 0.3 is 5.97 Å². The normalized spacial score (nSPS) is 28.7. The molecule has 1 aromatic rings. The highest BCUT2D eigenvalue weighted by Crippen LogP contribution is 2.45. The first kappa shape index (κ1) is 18.3. The van der Waals surface area contributed by atoms with Crippen LogP contribution in [-0.4, -0.2) is 59.0 Å². The predicted octanol–water partition coefficient (Wildman–Crippen LogP) is 2.29. The SMILES string of the molecule is O=C(Cc1cccc(F)c1F)N1C[C@@H]2CN(C3CCCC3)C[C@]2(C(=O)O)C1.